The van der Waals surface area contributed by atoms with Gasteiger partial charge in [0.25, 0.3) is 0 Å². The van der Waals surface area contributed by atoms with E-state index < -0.39 is 9.84 Å². The third-order valence-corrected chi connectivity index (χ3v) is 2.84. The van der Waals surface area contributed by atoms with Crippen molar-refractivity contribution >= 4 is 15.7 Å². The van der Waals surface area contributed by atoms with Crippen molar-refractivity contribution in [2.75, 3.05) is 18.6 Å². The van der Waals surface area contributed by atoms with Crippen LogP contribution in [-0.2, 0) is 14.6 Å². The van der Waals surface area contributed by atoms with Crippen molar-refractivity contribution < 1.29 is 13.2 Å². The Morgan fingerprint density at radius 2 is 1.81 bits per heavy atom. The Morgan fingerprint density at radius 1 is 1.31 bits per heavy atom. The van der Waals surface area contributed by atoms with Crippen LogP contribution < -0.4 is 10.6 Å². The molecular formula is C10H22N2O3S. The highest BCUT2D eigenvalue weighted by molar-refractivity contribution is 7.90. The van der Waals surface area contributed by atoms with Gasteiger partial charge in [0.05, 0.1) is 12.3 Å². The molecule has 0 bridgehead atoms. The summed E-state index contributed by atoms with van der Waals surface area (Å²) >= 11 is 0. The van der Waals surface area contributed by atoms with E-state index in [1.807, 2.05) is 20.8 Å². The van der Waals surface area contributed by atoms with E-state index in [0.29, 0.717) is 0 Å². The maximum Gasteiger partial charge on any atom is 0.234 e. The second kappa shape index (κ2) is 5.63. The van der Waals surface area contributed by atoms with Gasteiger partial charge in [-0.2, -0.15) is 0 Å². The molecule has 1 unspecified atom stereocenters. The first kappa shape index (κ1) is 15.4. The summed E-state index contributed by atoms with van der Waals surface area (Å²) < 4.78 is 21.9. The first-order valence-corrected chi connectivity index (χ1v) is 7.28. The zero-order chi connectivity index (χ0) is 13.0. The molecule has 0 fully saturated rings. The molecule has 0 aliphatic rings. The molecule has 0 aromatic heterocycles. The van der Waals surface area contributed by atoms with Gasteiger partial charge in [0.15, 0.2) is 0 Å². The molecule has 96 valence electrons. The van der Waals surface area contributed by atoms with Crippen LogP contribution in [0.4, 0.5) is 0 Å². The SMILES string of the molecule is CC(CS(C)(=O)=O)NC(=O)CNC(C)(C)C. The Bertz CT molecular complexity index is 330. The van der Waals surface area contributed by atoms with Crippen LogP contribution in [0.3, 0.4) is 0 Å². The number of amides is 1. The average Bonchev–Trinajstić information content (AvgIpc) is 1.95. The molecule has 6 heteroatoms. The minimum absolute atomic E-state index is 0.0335. The highest BCUT2D eigenvalue weighted by Gasteiger charge is 2.15. The fraction of sp³-hybridized carbons (Fsp3) is 0.900. The minimum atomic E-state index is -3.05. The van der Waals surface area contributed by atoms with E-state index in [9.17, 15) is 13.2 Å². The van der Waals surface area contributed by atoms with E-state index in [-0.39, 0.29) is 29.8 Å². The molecule has 0 heterocycles. The second-order valence-corrected chi connectivity index (χ2v) is 7.35. The molecule has 0 aliphatic heterocycles. The lowest BCUT2D eigenvalue weighted by atomic mass is 10.1. The molecule has 0 saturated heterocycles. The molecule has 0 saturated carbocycles. The molecule has 1 atom stereocenters. The summed E-state index contributed by atoms with van der Waals surface area (Å²) in [5, 5.41) is 5.66. The van der Waals surface area contributed by atoms with E-state index in [2.05, 4.69) is 10.6 Å². The van der Waals surface area contributed by atoms with Crippen LogP contribution in [0.25, 0.3) is 0 Å². The zero-order valence-corrected chi connectivity index (χ0v) is 11.4. The number of hydrogen-bond donors (Lipinski definition) is 2. The summed E-state index contributed by atoms with van der Waals surface area (Å²) in [6.07, 6.45) is 1.16. The van der Waals surface area contributed by atoms with Crippen LogP contribution >= 0.6 is 0 Å². The number of carbonyl (C=O) groups is 1. The zero-order valence-electron chi connectivity index (χ0n) is 10.6. The summed E-state index contributed by atoms with van der Waals surface area (Å²) in [5.41, 5.74) is -0.128. The lowest BCUT2D eigenvalue weighted by Gasteiger charge is -2.21. The number of carbonyl (C=O) groups excluding carboxylic acids is 1. The van der Waals surface area contributed by atoms with Crippen LogP contribution in [0.2, 0.25) is 0 Å². The molecule has 16 heavy (non-hydrogen) atoms. The van der Waals surface area contributed by atoms with Gasteiger partial charge in [-0.1, -0.05) is 0 Å². The van der Waals surface area contributed by atoms with E-state index >= 15 is 0 Å². The number of nitrogens with one attached hydrogen (secondary N) is 2. The molecular weight excluding hydrogens is 228 g/mol. The number of rotatable bonds is 5. The van der Waals surface area contributed by atoms with E-state index in [1.54, 1.807) is 6.92 Å². The fourth-order valence-corrected chi connectivity index (χ4v) is 2.16. The Morgan fingerprint density at radius 3 is 2.19 bits per heavy atom. The van der Waals surface area contributed by atoms with Gasteiger partial charge in [0.1, 0.15) is 9.84 Å². The van der Waals surface area contributed by atoms with Gasteiger partial charge in [-0.25, -0.2) is 8.42 Å². The maximum absolute atomic E-state index is 11.4. The summed E-state index contributed by atoms with van der Waals surface area (Å²) in [6.45, 7) is 7.74. The normalized spacial score (nSPS) is 14.6. The first-order valence-electron chi connectivity index (χ1n) is 5.22. The van der Waals surface area contributed by atoms with Crippen molar-refractivity contribution in [1.82, 2.24) is 10.6 Å². The van der Waals surface area contributed by atoms with Gasteiger partial charge in [-0.05, 0) is 27.7 Å². The lowest BCUT2D eigenvalue weighted by molar-refractivity contribution is -0.121. The van der Waals surface area contributed by atoms with Crippen LogP contribution in [0, 0.1) is 0 Å². The van der Waals surface area contributed by atoms with Gasteiger partial charge in [-0.3, -0.25) is 4.79 Å². The van der Waals surface area contributed by atoms with Gasteiger partial charge >= 0.3 is 0 Å². The van der Waals surface area contributed by atoms with Crippen LogP contribution in [0.15, 0.2) is 0 Å². The molecule has 0 aromatic rings. The average molecular weight is 250 g/mol. The first-order chi connectivity index (χ1) is 6.99. The lowest BCUT2D eigenvalue weighted by Crippen LogP contribution is -2.46. The predicted octanol–water partition coefficient (Wildman–Crippen LogP) is -0.0762. The predicted molar refractivity (Wildman–Crippen MR) is 65.1 cm³/mol. The van der Waals surface area contributed by atoms with Crippen molar-refractivity contribution in [1.29, 1.82) is 0 Å². The fourth-order valence-electron chi connectivity index (χ4n) is 1.17. The summed E-state index contributed by atoms with van der Waals surface area (Å²) in [4.78, 5) is 11.4. The molecule has 0 spiro atoms. The summed E-state index contributed by atoms with van der Waals surface area (Å²) in [7, 11) is -3.05. The third kappa shape index (κ3) is 9.92. The molecule has 0 rings (SSSR count). The Labute approximate surface area is 97.9 Å². The van der Waals surface area contributed by atoms with Crippen molar-refractivity contribution in [3.05, 3.63) is 0 Å². The Hall–Kier alpha value is -0.620. The van der Waals surface area contributed by atoms with Gasteiger partial charge < -0.3 is 10.6 Å². The highest BCUT2D eigenvalue weighted by Crippen LogP contribution is 1.97. The second-order valence-electron chi connectivity index (χ2n) is 5.16. The molecule has 0 aromatic carbocycles. The molecule has 5 nitrogen and oxygen atoms in total. The molecule has 1 amide bonds. The standard InChI is InChI=1S/C10H22N2O3S/c1-8(7-16(5,14)15)12-9(13)6-11-10(2,3)4/h8,11H,6-7H2,1-5H3,(H,12,13). The van der Waals surface area contributed by atoms with Gasteiger partial charge in [0.2, 0.25) is 5.91 Å². The highest BCUT2D eigenvalue weighted by atomic mass is 32.2. The molecule has 0 radical (unpaired) electrons. The van der Waals surface area contributed by atoms with Crippen molar-refractivity contribution in [3.8, 4) is 0 Å². The molecule has 2 N–H and O–H groups in total. The Balaban J connectivity index is 3.97. The van der Waals surface area contributed by atoms with E-state index in [0.717, 1.165) is 6.26 Å². The number of sulfone groups is 1. The monoisotopic (exact) mass is 250 g/mol. The third-order valence-electron chi connectivity index (χ3n) is 1.74. The van der Waals surface area contributed by atoms with Crippen molar-refractivity contribution in [2.24, 2.45) is 0 Å². The molecule has 0 aliphatic carbocycles. The largest absolute Gasteiger partial charge is 0.352 e. The van der Waals surface area contributed by atoms with Crippen molar-refractivity contribution in [2.45, 2.75) is 39.3 Å². The quantitative estimate of drug-likeness (QED) is 0.716. The van der Waals surface area contributed by atoms with E-state index in [1.165, 1.54) is 0 Å². The van der Waals surface area contributed by atoms with Gasteiger partial charge in [-0.15, -0.1) is 0 Å². The summed E-state index contributed by atoms with van der Waals surface area (Å²) in [5.74, 6) is -0.222. The Kier molecular flexibility index (Phi) is 5.41. The van der Waals surface area contributed by atoms with Crippen LogP contribution in [0.1, 0.15) is 27.7 Å². The van der Waals surface area contributed by atoms with Crippen molar-refractivity contribution in [3.63, 3.8) is 0 Å². The van der Waals surface area contributed by atoms with Crippen LogP contribution in [0.5, 0.6) is 0 Å². The van der Waals surface area contributed by atoms with E-state index in [4.69, 9.17) is 0 Å². The topological polar surface area (TPSA) is 75.3 Å². The maximum atomic E-state index is 11.4. The van der Waals surface area contributed by atoms with Gasteiger partial charge in [0, 0.05) is 17.8 Å². The minimum Gasteiger partial charge on any atom is -0.352 e. The summed E-state index contributed by atoms with van der Waals surface area (Å²) in [6, 6.07) is -0.357. The number of hydrogen-bond acceptors (Lipinski definition) is 4. The van der Waals surface area contributed by atoms with Crippen LogP contribution in [-0.4, -0.2) is 44.5 Å². The smallest absolute Gasteiger partial charge is 0.234 e.